The smallest absolute Gasteiger partial charge is 0.264 e. The fourth-order valence-electron chi connectivity index (χ4n) is 1.71. The summed E-state index contributed by atoms with van der Waals surface area (Å²) in [5.74, 6) is 0.0981. The van der Waals surface area contributed by atoms with Gasteiger partial charge in [-0.05, 0) is 19.1 Å². The van der Waals surface area contributed by atoms with Crippen LogP contribution in [0.25, 0.3) is 0 Å². The van der Waals surface area contributed by atoms with Gasteiger partial charge in [0.1, 0.15) is 0 Å². The third-order valence-corrected chi connectivity index (χ3v) is 3.77. The number of carbonyl (C=O) groups excluding carboxylic acids is 1. The first-order chi connectivity index (χ1) is 7.18. The first-order valence-corrected chi connectivity index (χ1v) is 6.15. The normalized spacial score (nSPS) is 20.4. The van der Waals surface area contributed by atoms with Gasteiger partial charge in [-0.1, -0.05) is 11.6 Å². The largest absolute Gasteiger partial charge is 0.333 e. The molecule has 1 amide bonds. The minimum atomic E-state index is 0. The van der Waals surface area contributed by atoms with Crippen LogP contribution in [-0.2, 0) is 0 Å². The highest BCUT2D eigenvalue weighted by molar-refractivity contribution is 7.17. The van der Waals surface area contributed by atoms with Gasteiger partial charge < -0.3 is 10.2 Å². The molecule has 0 radical (unpaired) electrons. The van der Waals surface area contributed by atoms with Gasteiger partial charge >= 0.3 is 0 Å². The molecule has 0 aliphatic carbocycles. The van der Waals surface area contributed by atoms with E-state index >= 15 is 0 Å². The number of piperazine rings is 1. The molecule has 2 heterocycles. The second-order valence-electron chi connectivity index (χ2n) is 3.66. The number of rotatable bonds is 1. The molecule has 6 heteroatoms. The van der Waals surface area contributed by atoms with E-state index in [1.165, 1.54) is 11.3 Å². The van der Waals surface area contributed by atoms with Crippen molar-refractivity contribution in [3.63, 3.8) is 0 Å². The lowest BCUT2D eigenvalue weighted by Gasteiger charge is -2.33. The number of thiophene rings is 1. The summed E-state index contributed by atoms with van der Waals surface area (Å²) in [7, 11) is 0. The predicted molar refractivity (Wildman–Crippen MR) is 69.9 cm³/mol. The average Bonchev–Trinajstić information content (AvgIpc) is 2.65. The van der Waals surface area contributed by atoms with E-state index in [4.69, 9.17) is 11.6 Å². The maximum absolute atomic E-state index is 12.1. The molecule has 0 aromatic carbocycles. The maximum Gasteiger partial charge on any atom is 0.264 e. The number of hydrogen-bond donors (Lipinski definition) is 1. The Morgan fingerprint density at radius 2 is 2.38 bits per heavy atom. The highest BCUT2D eigenvalue weighted by atomic mass is 35.5. The van der Waals surface area contributed by atoms with Gasteiger partial charge in [-0.15, -0.1) is 23.7 Å². The van der Waals surface area contributed by atoms with Crippen molar-refractivity contribution in [2.24, 2.45) is 0 Å². The van der Waals surface area contributed by atoms with E-state index in [-0.39, 0.29) is 24.4 Å². The van der Waals surface area contributed by atoms with Gasteiger partial charge in [0.25, 0.3) is 5.91 Å². The van der Waals surface area contributed by atoms with Gasteiger partial charge in [0.15, 0.2) is 0 Å². The fourth-order valence-corrected chi connectivity index (χ4v) is 2.71. The van der Waals surface area contributed by atoms with Crippen LogP contribution in [0.2, 0.25) is 4.34 Å². The molecule has 1 fully saturated rings. The van der Waals surface area contributed by atoms with Crippen LogP contribution in [0.3, 0.4) is 0 Å². The van der Waals surface area contributed by atoms with Crippen LogP contribution in [0.5, 0.6) is 0 Å². The zero-order valence-corrected chi connectivity index (χ0v) is 11.3. The van der Waals surface area contributed by atoms with Crippen LogP contribution < -0.4 is 5.32 Å². The lowest BCUT2D eigenvalue weighted by atomic mass is 10.2. The molecule has 0 unspecified atom stereocenters. The molecule has 1 aromatic rings. The third kappa shape index (κ3) is 2.88. The molecule has 1 N–H and O–H groups in total. The molecule has 1 aliphatic rings. The van der Waals surface area contributed by atoms with Crippen molar-refractivity contribution >= 4 is 41.3 Å². The summed E-state index contributed by atoms with van der Waals surface area (Å²) in [5.41, 5.74) is 0. The van der Waals surface area contributed by atoms with E-state index in [1.54, 1.807) is 12.1 Å². The number of carbonyl (C=O) groups is 1. The van der Waals surface area contributed by atoms with E-state index in [0.717, 1.165) is 24.5 Å². The monoisotopic (exact) mass is 280 g/mol. The molecule has 16 heavy (non-hydrogen) atoms. The van der Waals surface area contributed by atoms with Crippen molar-refractivity contribution in [2.75, 3.05) is 19.6 Å². The Balaban J connectivity index is 0.00000128. The van der Waals surface area contributed by atoms with E-state index in [0.29, 0.717) is 4.34 Å². The Hall–Kier alpha value is -0.290. The zero-order chi connectivity index (χ0) is 10.8. The van der Waals surface area contributed by atoms with Crippen LogP contribution >= 0.6 is 35.3 Å². The van der Waals surface area contributed by atoms with Crippen LogP contribution in [0, 0.1) is 0 Å². The number of amides is 1. The minimum Gasteiger partial charge on any atom is -0.333 e. The van der Waals surface area contributed by atoms with Crippen molar-refractivity contribution in [3.05, 3.63) is 21.3 Å². The van der Waals surface area contributed by atoms with Gasteiger partial charge in [-0.3, -0.25) is 4.79 Å². The Morgan fingerprint density at radius 3 is 2.94 bits per heavy atom. The molecule has 1 aliphatic heterocycles. The second kappa shape index (κ2) is 5.87. The molecule has 2 rings (SSSR count). The van der Waals surface area contributed by atoms with Gasteiger partial charge in [0.2, 0.25) is 0 Å². The van der Waals surface area contributed by atoms with Gasteiger partial charge in [0.05, 0.1) is 9.21 Å². The fraction of sp³-hybridized carbons (Fsp3) is 0.500. The highest BCUT2D eigenvalue weighted by Crippen LogP contribution is 2.23. The summed E-state index contributed by atoms with van der Waals surface area (Å²) in [6.45, 7) is 4.56. The average molecular weight is 281 g/mol. The lowest BCUT2D eigenvalue weighted by Crippen LogP contribution is -2.52. The molecule has 3 nitrogen and oxygen atoms in total. The SMILES string of the molecule is C[C@H]1CNCCN1C(=O)c1ccc(Cl)s1.Cl. The molecule has 1 aromatic heterocycles. The predicted octanol–water partition coefficient (Wildman–Crippen LogP) is 2.26. The molecule has 90 valence electrons. The summed E-state index contributed by atoms with van der Waals surface area (Å²) >= 11 is 7.16. The highest BCUT2D eigenvalue weighted by Gasteiger charge is 2.24. The van der Waals surface area contributed by atoms with E-state index in [1.807, 2.05) is 4.90 Å². The van der Waals surface area contributed by atoms with Crippen molar-refractivity contribution in [3.8, 4) is 0 Å². The van der Waals surface area contributed by atoms with E-state index in [9.17, 15) is 4.79 Å². The van der Waals surface area contributed by atoms with Crippen molar-refractivity contribution in [1.82, 2.24) is 10.2 Å². The Morgan fingerprint density at radius 1 is 1.62 bits per heavy atom. The molecular formula is C10H14Cl2N2OS. The topological polar surface area (TPSA) is 32.3 Å². The van der Waals surface area contributed by atoms with Crippen molar-refractivity contribution in [2.45, 2.75) is 13.0 Å². The number of nitrogens with zero attached hydrogens (tertiary/aromatic N) is 1. The lowest BCUT2D eigenvalue weighted by molar-refractivity contribution is 0.0661. The first kappa shape index (κ1) is 13.8. The van der Waals surface area contributed by atoms with Crippen LogP contribution in [-0.4, -0.2) is 36.5 Å². The van der Waals surface area contributed by atoms with Crippen LogP contribution in [0.4, 0.5) is 0 Å². The van der Waals surface area contributed by atoms with Crippen molar-refractivity contribution < 1.29 is 4.79 Å². The van der Waals surface area contributed by atoms with E-state index < -0.39 is 0 Å². The summed E-state index contributed by atoms with van der Waals surface area (Å²) in [6, 6.07) is 3.82. The van der Waals surface area contributed by atoms with Gasteiger partial charge in [-0.2, -0.15) is 0 Å². The molecule has 0 bridgehead atoms. The summed E-state index contributed by atoms with van der Waals surface area (Å²) in [5, 5.41) is 3.26. The summed E-state index contributed by atoms with van der Waals surface area (Å²) < 4.78 is 0.668. The quantitative estimate of drug-likeness (QED) is 0.856. The molecule has 1 atom stereocenters. The number of hydrogen-bond acceptors (Lipinski definition) is 3. The standard InChI is InChI=1S/C10H13ClN2OS.ClH/c1-7-6-12-4-5-13(7)10(14)8-2-3-9(11)15-8;/h2-3,7,12H,4-6H2,1H3;1H/t7-;/m0./s1. The van der Waals surface area contributed by atoms with Gasteiger partial charge in [0, 0.05) is 25.7 Å². The second-order valence-corrected chi connectivity index (χ2v) is 5.37. The van der Waals surface area contributed by atoms with E-state index in [2.05, 4.69) is 12.2 Å². The Bertz CT molecular complexity index is 369. The Labute approximate surface area is 110 Å². The summed E-state index contributed by atoms with van der Waals surface area (Å²) in [4.78, 5) is 14.7. The number of nitrogens with one attached hydrogen (secondary N) is 1. The zero-order valence-electron chi connectivity index (χ0n) is 8.90. The Kier molecular flexibility index (Phi) is 5.05. The van der Waals surface area contributed by atoms with Crippen LogP contribution in [0.15, 0.2) is 12.1 Å². The summed E-state index contributed by atoms with van der Waals surface area (Å²) in [6.07, 6.45) is 0. The van der Waals surface area contributed by atoms with Crippen LogP contribution in [0.1, 0.15) is 16.6 Å². The molecule has 0 spiro atoms. The first-order valence-electron chi connectivity index (χ1n) is 4.95. The van der Waals surface area contributed by atoms with Gasteiger partial charge in [-0.25, -0.2) is 0 Å². The minimum absolute atomic E-state index is 0. The third-order valence-electron chi connectivity index (χ3n) is 2.55. The van der Waals surface area contributed by atoms with Crippen molar-refractivity contribution in [1.29, 1.82) is 0 Å². The molecule has 0 saturated carbocycles. The molecular weight excluding hydrogens is 267 g/mol. The maximum atomic E-state index is 12.1. The molecule has 1 saturated heterocycles. The number of halogens is 2.